The predicted octanol–water partition coefficient (Wildman–Crippen LogP) is 1.78. The number of aryl methyl sites for hydroxylation is 1. The number of hydrogen-bond acceptors (Lipinski definition) is 6. The van der Waals surface area contributed by atoms with Gasteiger partial charge in [-0.3, -0.25) is 19.5 Å². The second-order valence-corrected chi connectivity index (χ2v) is 8.12. The van der Waals surface area contributed by atoms with Crippen LogP contribution in [-0.2, 0) is 6.54 Å². The first-order chi connectivity index (χ1) is 14.5. The largest absolute Gasteiger partial charge is 0.486 e. The van der Waals surface area contributed by atoms with Crippen LogP contribution in [0.15, 0.2) is 41.5 Å². The molecule has 30 heavy (non-hydrogen) atoms. The highest BCUT2D eigenvalue weighted by atomic mass is 16.5. The van der Waals surface area contributed by atoms with E-state index in [1.54, 1.807) is 31.3 Å². The van der Waals surface area contributed by atoms with Crippen molar-refractivity contribution >= 4 is 16.9 Å². The molecule has 3 aromatic heterocycles. The number of likely N-dealkylation sites (tertiary alicyclic amines) is 1. The van der Waals surface area contributed by atoms with Crippen LogP contribution in [0.1, 0.15) is 34.5 Å². The molecule has 4 heterocycles. The number of H-pyrrole nitrogens is 1. The number of aromatic amines is 1. The Morgan fingerprint density at radius 1 is 1.23 bits per heavy atom. The SMILES string of the molecule is Cc1cc2ncc(CN3CC(Oc4ccc(C(=O)NC5CC5)nc4)C3)cc2[nH]c1=O. The van der Waals surface area contributed by atoms with Crippen molar-refractivity contribution in [2.24, 2.45) is 0 Å². The lowest BCUT2D eigenvalue weighted by molar-refractivity contribution is 0.0143. The van der Waals surface area contributed by atoms with Gasteiger partial charge >= 0.3 is 0 Å². The van der Waals surface area contributed by atoms with Crippen molar-refractivity contribution in [2.45, 2.75) is 38.5 Å². The molecule has 0 bridgehead atoms. The molecule has 154 valence electrons. The second-order valence-electron chi connectivity index (χ2n) is 8.12. The van der Waals surface area contributed by atoms with Crippen LogP contribution in [0.25, 0.3) is 11.0 Å². The topological polar surface area (TPSA) is 100 Å². The second kappa shape index (κ2) is 7.53. The Morgan fingerprint density at radius 3 is 2.80 bits per heavy atom. The molecule has 2 fully saturated rings. The summed E-state index contributed by atoms with van der Waals surface area (Å²) in [5, 5.41) is 2.92. The van der Waals surface area contributed by atoms with Crippen LogP contribution in [0.3, 0.4) is 0 Å². The maximum Gasteiger partial charge on any atom is 0.270 e. The molecule has 0 unspecified atom stereocenters. The summed E-state index contributed by atoms with van der Waals surface area (Å²) in [6.45, 7) is 4.12. The third kappa shape index (κ3) is 4.04. The highest BCUT2D eigenvalue weighted by Gasteiger charge is 2.29. The number of nitrogens with zero attached hydrogens (tertiary/aromatic N) is 3. The zero-order chi connectivity index (χ0) is 20.7. The number of carbonyl (C=O) groups is 1. The number of amides is 1. The maximum absolute atomic E-state index is 12.0. The van der Waals surface area contributed by atoms with Gasteiger partial charge in [-0.2, -0.15) is 0 Å². The monoisotopic (exact) mass is 405 g/mol. The summed E-state index contributed by atoms with van der Waals surface area (Å²) < 4.78 is 5.95. The van der Waals surface area contributed by atoms with Gasteiger partial charge in [-0.25, -0.2) is 4.98 Å². The van der Waals surface area contributed by atoms with Crippen LogP contribution in [0.2, 0.25) is 0 Å². The minimum absolute atomic E-state index is 0.0801. The van der Waals surface area contributed by atoms with E-state index in [0.29, 0.717) is 23.0 Å². The molecule has 1 saturated heterocycles. The minimum Gasteiger partial charge on any atom is -0.486 e. The van der Waals surface area contributed by atoms with E-state index in [-0.39, 0.29) is 17.6 Å². The molecular formula is C22H23N5O3. The molecule has 0 spiro atoms. The quantitative estimate of drug-likeness (QED) is 0.649. The van der Waals surface area contributed by atoms with Crippen molar-refractivity contribution in [2.75, 3.05) is 13.1 Å². The van der Waals surface area contributed by atoms with Crippen LogP contribution in [-0.4, -0.2) is 51.0 Å². The minimum atomic E-state index is -0.126. The fraction of sp³-hybridized carbons (Fsp3) is 0.364. The number of hydrogen-bond donors (Lipinski definition) is 2. The highest BCUT2D eigenvalue weighted by Crippen LogP contribution is 2.21. The zero-order valence-corrected chi connectivity index (χ0v) is 16.7. The summed E-state index contributed by atoms with van der Waals surface area (Å²) in [5.74, 6) is 0.544. The first kappa shape index (κ1) is 18.7. The third-order valence-corrected chi connectivity index (χ3v) is 5.45. The molecule has 8 nitrogen and oxygen atoms in total. The molecule has 1 amide bonds. The predicted molar refractivity (Wildman–Crippen MR) is 112 cm³/mol. The number of carbonyl (C=O) groups excluding carboxylic acids is 1. The van der Waals surface area contributed by atoms with Gasteiger partial charge < -0.3 is 15.0 Å². The van der Waals surface area contributed by atoms with E-state index in [2.05, 4.69) is 25.2 Å². The van der Waals surface area contributed by atoms with Gasteiger partial charge in [-0.05, 0) is 49.6 Å². The van der Waals surface area contributed by atoms with Gasteiger partial charge in [-0.1, -0.05) is 0 Å². The summed E-state index contributed by atoms with van der Waals surface area (Å²) in [7, 11) is 0. The summed E-state index contributed by atoms with van der Waals surface area (Å²) in [6, 6.07) is 7.60. The number of aromatic nitrogens is 3. The number of pyridine rings is 3. The van der Waals surface area contributed by atoms with E-state index in [0.717, 1.165) is 49.1 Å². The Hall–Kier alpha value is -3.26. The Labute approximate surface area is 173 Å². The number of fused-ring (bicyclic) bond motifs is 1. The van der Waals surface area contributed by atoms with Gasteiger partial charge in [0.05, 0.1) is 17.2 Å². The summed E-state index contributed by atoms with van der Waals surface area (Å²) >= 11 is 0. The highest BCUT2D eigenvalue weighted by molar-refractivity contribution is 5.92. The summed E-state index contributed by atoms with van der Waals surface area (Å²) in [6.07, 6.45) is 5.66. The lowest BCUT2D eigenvalue weighted by Crippen LogP contribution is -2.53. The van der Waals surface area contributed by atoms with Crippen LogP contribution in [0.5, 0.6) is 5.75 Å². The lowest BCUT2D eigenvalue weighted by Gasteiger charge is -2.38. The van der Waals surface area contributed by atoms with Crippen LogP contribution < -0.4 is 15.6 Å². The lowest BCUT2D eigenvalue weighted by atomic mass is 10.1. The van der Waals surface area contributed by atoms with E-state index in [1.807, 2.05) is 12.3 Å². The van der Waals surface area contributed by atoms with E-state index in [9.17, 15) is 9.59 Å². The van der Waals surface area contributed by atoms with Gasteiger partial charge in [0.2, 0.25) is 0 Å². The van der Waals surface area contributed by atoms with Crippen LogP contribution in [0.4, 0.5) is 0 Å². The molecule has 8 heteroatoms. The number of rotatable bonds is 6. The smallest absolute Gasteiger partial charge is 0.270 e. The fourth-order valence-electron chi connectivity index (χ4n) is 3.56. The van der Waals surface area contributed by atoms with Crippen LogP contribution >= 0.6 is 0 Å². The van der Waals surface area contributed by atoms with Gasteiger partial charge in [0, 0.05) is 37.4 Å². The molecule has 1 aliphatic carbocycles. The first-order valence-electron chi connectivity index (χ1n) is 10.2. The summed E-state index contributed by atoms with van der Waals surface area (Å²) in [5.41, 5.74) is 3.60. The molecule has 1 saturated carbocycles. The maximum atomic E-state index is 12.0. The molecule has 5 rings (SSSR count). The fourth-order valence-corrected chi connectivity index (χ4v) is 3.56. The average Bonchev–Trinajstić information content (AvgIpc) is 3.52. The van der Waals surface area contributed by atoms with E-state index in [4.69, 9.17) is 4.74 Å². The molecule has 0 radical (unpaired) electrons. The van der Waals surface area contributed by atoms with Crippen molar-refractivity contribution in [1.82, 2.24) is 25.2 Å². The average molecular weight is 405 g/mol. The van der Waals surface area contributed by atoms with Gasteiger partial charge in [0.15, 0.2) is 0 Å². The standard InChI is InChI=1S/C22H23N5O3/c1-13-6-19-20(26-21(13)28)7-14(8-23-19)10-27-11-17(12-27)30-16-4-5-18(24-9-16)22(29)25-15-2-3-15/h4-9,15,17H,2-3,10-12H2,1H3,(H,25,29)(H,26,28). The van der Waals surface area contributed by atoms with Crippen molar-refractivity contribution in [3.63, 3.8) is 0 Å². The molecule has 2 N–H and O–H groups in total. The van der Waals surface area contributed by atoms with Gasteiger partial charge in [0.1, 0.15) is 17.5 Å². The van der Waals surface area contributed by atoms with Crippen molar-refractivity contribution in [3.8, 4) is 5.75 Å². The van der Waals surface area contributed by atoms with Crippen molar-refractivity contribution in [1.29, 1.82) is 0 Å². The first-order valence-corrected chi connectivity index (χ1v) is 10.2. The van der Waals surface area contributed by atoms with Crippen molar-refractivity contribution < 1.29 is 9.53 Å². The molecule has 0 aromatic carbocycles. The van der Waals surface area contributed by atoms with Gasteiger partial charge in [-0.15, -0.1) is 0 Å². The molecular weight excluding hydrogens is 382 g/mol. The van der Waals surface area contributed by atoms with Crippen molar-refractivity contribution in [3.05, 3.63) is 63.8 Å². The zero-order valence-electron chi connectivity index (χ0n) is 16.7. The third-order valence-electron chi connectivity index (χ3n) is 5.45. The van der Waals surface area contributed by atoms with Gasteiger partial charge in [0.25, 0.3) is 11.5 Å². The molecule has 1 aliphatic heterocycles. The summed E-state index contributed by atoms with van der Waals surface area (Å²) in [4.78, 5) is 37.6. The molecule has 0 atom stereocenters. The number of ether oxygens (including phenoxy) is 1. The Bertz CT molecular complexity index is 1150. The van der Waals surface area contributed by atoms with E-state index >= 15 is 0 Å². The van der Waals surface area contributed by atoms with E-state index in [1.165, 1.54) is 0 Å². The molecule has 3 aromatic rings. The Morgan fingerprint density at radius 2 is 2.07 bits per heavy atom. The van der Waals surface area contributed by atoms with Crippen LogP contribution in [0, 0.1) is 6.92 Å². The molecule has 2 aliphatic rings. The normalized spacial score (nSPS) is 17.0. The Balaban J connectivity index is 1.14. The van der Waals surface area contributed by atoms with E-state index < -0.39 is 0 Å². The Kier molecular flexibility index (Phi) is 4.71. The number of nitrogens with one attached hydrogen (secondary N) is 2.